The smallest absolute Gasteiger partial charge is 0.226 e. The fourth-order valence-corrected chi connectivity index (χ4v) is 4.62. The summed E-state index contributed by atoms with van der Waals surface area (Å²) >= 11 is 3.38. The molecule has 0 saturated carbocycles. The zero-order chi connectivity index (χ0) is 20.2. The maximum Gasteiger partial charge on any atom is 0.226 e. The van der Waals surface area contributed by atoms with Crippen LogP contribution in [0.3, 0.4) is 0 Å². The number of thiophene rings is 1. The molecule has 1 aromatic carbocycles. The summed E-state index contributed by atoms with van der Waals surface area (Å²) in [4.78, 5) is 23.8. The first kappa shape index (κ1) is 19.5. The first-order valence-corrected chi connectivity index (χ1v) is 11.1. The van der Waals surface area contributed by atoms with Crippen molar-refractivity contribution in [2.75, 3.05) is 6.54 Å². The SMILES string of the molecule is Cc1nc(-c2ccc(CCNC(=O)Cc3nc(-c4ccccc4)oc3C)s2)cs1. The van der Waals surface area contributed by atoms with Crippen molar-refractivity contribution in [1.29, 1.82) is 0 Å². The van der Waals surface area contributed by atoms with E-state index in [9.17, 15) is 4.79 Å². The summed E-state index contributed by atoms with van der Waals surface area (Å²) in [6.07, 6.45) is 1.02. The van der Waals surface area contributed by atoms with Gasteiger partial charge in [0, 0.05) is 22.4 Å². The van der Waals surface area contributed by atoms with Crippen LogP contribution < -0.4 is 5.32 Å². The molecule has 0 aliphatic heterocycles. The molecular formula is C22H21N3O2S2. The summed E-state index contributed by atoms with van der Waals surface area (Å²) in [5.41, 5.74) is 2.62. The standard InChI is InChI=1S/C22H21N3O2S2/c1-14-18(25-22(27-14)16-6-4-3-5-7-16)12-21(26)23-11-10-17-8-9-20(29-17)19-13-28-15(2)24-19/h3-9,13H,10-12H2,1-2H3,(H,23,26). The van der Waals surface area contributed by atoms with Crippen molar-refractivity contribution in [2.45, 2.75) is 26.7 Å². The van der Waals surface area contributed by atoms with E-state index in [-0.39, 0.29) is 12.3 Å². The molecule has 0 aliphatic rings. The number of nitrogens with one attached hydrogen (secondary N) is 1. The quantitative estimate of drug-likeness (QED) is 0.452. The predicted molar refractivity (Wildman–Crippen MR) is 117 cm³/mol. The average molecular weight is 424 g/mol. The summed E-state index contributed by atoms with van der Waals surface area (Å²) in [7, 11) is 0. The molecule has 4 rings (SSSR count). The Morgan fingerprint density at radius 2 is 1.93 bits per heavy atom. The summed E-state index contributed by atoms with van der Waals surface area (Å²) < 4.78 is 5.73. The molecule has 0 saturated heterocycles. The molecule has 4 aromatic rings. The monoisotopic (exact) mass is 423 g/mol. The minimum absolute atomic E-state index is 0.0482. The zero-order valence-electron chi connectivity index (χ0n) is 16.3. The maximum absolute atomic E-state index is 12.3. The number of benzene rings is 1. The number of amides is 1. The van der Waals surface area contributed by atoms with Gasteiger partial charge in [-0.3, -0.25) is 4.79 Å². The number of nitrogens with zero attached hydrogens (tertiary/aromatic N) is 2. The molecule has 0 aliphatic carbocycles. The Bertz CT molecular complexity index is 1110. The number of hydrogen-bond donors (Lipinski definition) is 1. The number of oxazole rings is 1. The third-order valence-electron chi connectivity index (χ3n) is 4.47. The van der Waals surface area contributed by atoms with E-state index in [1.807, 2.05) is 44.2 Å². The lowest BCUT2D eigenvalue weighted by atomic mass is 10.2. The highest BCUT2D eigenvalue weighted by Gasteiger charge is 2.14. The minimum atomic E-state index is -0.0482. The molecule has 7 heteroatoms. The Balaban J connectivity index is 1.30. The topological polar surface area (TPSA) is 68.0 Å². The van der Waals surface area contributed by atoms with Crippen LogP contribution in [-0.4, -0.2) is 22.4 Å². The number of aromatic nitrogens is 2. The first-order valence-electron chi connectivity index (χ1n) is 9.38. The molecule has 1 amide bonds. The van der Waals surface area contributed by atoms with Crippen molar-refractivity contribution in [1.82, 2.24) is 15.3 Å². The van der Waals surface area contributed by atoms with Crippen molar-refractivity contribution < 1.29 is 9.21 Å². The predicted octanol–water partition coefficient (Wildman–Crippen LogP) is 5.04. The zero-order valence-corrected chi connectivity index (χ0v) is 17.9. The van der Waals surface area contributed by atoms with E-state index in [2.05, 4.69) is 32.8 Å². The van der Waals surface area contributed by atoms with Crippen molar-refractivity contribution in [3.05, 3.63) is 69.2 Å². The molecule has 3 heterocycles. The average Bonchev–Trinajstić information content (AvgIpc) is 3.44. The van der Waals surface area contributed by atoms with E-state index in [1.165, 1.54) is 9.75 Å². The van der Waals surface area contributed by atoms with Gasteiger partial charge in [-0.2, -0.15) is 0 Å². The summed E-state index contributed by atoms with van der Waals surface area (Å²) in [5.74, 6) is 1.18. The fraction of sp³-hybridized carbons (Fsp3) is 0.227. The summed E-state index contributed by atoms with van der Waals surface area (Å²) in [5, 5.41) is 6.13. The number of hydrogen-bond acceptors (Lipinski definition) is 6. The van der Waals surface area contributed by atoms with Crippen LogP contribution in [0.1, 0.15) is 21.3 Å². The molecule has 0 fully saturated rings. The van der Waals surface area contributed by atoms with Crippen LogP contribution in [0, 0.1) is 13.8 Å². The highest BCUT2D eigenvalue weighted by molar-refractivity contribution is 7.16. The molecule has 148 valence electrons. The summed E-state index contributed by atoms with van der Waals surface area (Å²) in [6.45, 7) is 4.45. The van der Waals surface area contributed by atoms with Gasteiger partial charge in [0.15, 0.2) is 0 Å². The third kappa shape index (κ3) is 4.81. The second-order valence-electron chi connectivity index (χ2n) is 6.68. The lowest BCUT2D eigenvalue weighted by Crippen LogP contribution is -2.27. The molecule has 29 heavy (non-hydrogen) atoms. The van der Waals surface area contributed by atoms with Gasteiger partial charge in [-0.15, -0.1) is 22.7 Å². The third-order valence-corrected chi connectivity index (χ3v) is 6.41. The molecule has 0 atom stereocenters. The lowest BCUT2D eigenvalue weighted by molar-refractivity contribution is -0.120. The lowest BCUT2D eigenvalue weighted by Gasteiger charge is -2.03. The first-order chi connectivity index (χ1) is 14.1. The minimum Gasteiger partial charge on any atom is -0.441 e. The molecule has 0 unspecified atom stereocenters. The number of aryl methyl sites for hydroxylation is 2. The van der Waals surface area contributed by atoms with Crippen LogP contribution in [0.25, 0.3) is 22.0 Å². The number of carbonyl (C=O) groups is 1. The number of thiazole rings is 1. The molecular weight excluding hydrogens is 402 g/mol. The number of rotatable bonds is 7. The maximum atomic E-state index is 12.3. The van der Waals surface area contributed by atoms with E-state index < -0.39 is 0 Å². The highest BCUT2D eigenvalue weighted by atomic mass is 32.1. The van der Waals surface area contributed by atoms with Crippen molar-refractivity contribution in [3.63, 3.8) is 0 Å². The normalized spacial score (nSPS) is 11.0. The second kappa shape index (κ2) is 8.71. The molecule has 0 spiro atoms. The molecule has 1 N–H and O–H groups in total. The van der Waals surface area contributed by atoms with Gasteiger partial charge in [0.2, 0.25) is 11.8 Å². The van der Waals surface area contributed by atoms with E-state index >= 15 is 0 Å². The van der Waals surface area contributed by atoms with Crippen LogP contribution in [0.4, 0.5) is 0 Å². The molecule has 5 nitrogen and oxygen atoms in total. The van der Waals surface area contributed by atoms with E-state index in [1.54, 1.807) is 22.7 Å². The van der Waals surface area contributed by atoms with Gasteiger partial charge >= 0.3 is 0 Å². The second-order valence-corrected chi connectivity index (χ2v) is 8.91. The van der Waals surface area contributed by atoms with E-state index in [0.29, 0.717) is 23.9 Å². The van der Waals surface area contributed by atoms with Crippen LogP contribution >= 0.6 is 22.7 Å². The van der Waals surface area contributed by atoms with Crippen molar-refractivity contribution in [3.8, 4) is 22.0 Å². The molecule has 3 aromatic heterocycles. The van der Waals surface area contributed by atoms with E-state index in [4.69, 9.17) is 4.42 Å². The van der Waals surface area contributed by atoms with Gasteiger partial charge < -0.3 is 9.73 Å². The fourth-order valence-electron chi connectivity index (χ4n) is 2.96. The van der Waals surface area contributed by atoms with Crippen LogP contribution in [0.2, 0.25) is 0 Å². The van der Waals surface area contributed by atoms with Crippen molar-refractivity contribution >= 4 is 28.6 Å². The Morgan fingerprint density at radius 1 is 1.10 bits per heavy atom. The Hall–Kier alpha value is -2.77. The van der Waals surface area contributed by atoms with Crippen LogP contribution in [0.5, 0.6) is 0 Å². The van der Waals surface area contributed by atoms with E-state index in [0.717, 1.165) is 22.7 Å². The molecule has 0 bridgehead atoms. The van der Waals surface area contributed by atoms with Gasteiger partial charge in [-0.1, -0.05) is 18.2 Å². The van der Waals surface area contributed by atoms with Gasteiger partial charge in [0.05, 0.1) is 27.7 Å². The largest absolute Gasteiger partial charge is 0.441 e. The van der Waals surface area contributed by atoms with Gasteiger partial charge in [-0.05, 0) is 44.5 Å². The number of carbonyl (C=O) groups excluding carboxylic acids is 1. The van der Waals surface area contributed by atoms with Crippen molar-refractivity contribution in [2.24, 2.45) is 0 Å². The Kier molecular flexibility index (Phi) is 5.87. The Morgan fingerprint density at radius 3 is 2.69 bits per heavy atom. The van der Waals surface area contributed by atoms with Gasteiger partial charge in [0.1, 0.15) is 5.76 Å². The van der Waals surface area contributed by atoms with Crippen LogP contribution in [-0.2, 0) is 17.6 Å². The van der Waals surface area contributed by atoms with Gasteiger partial charge in [-0.25, -0.2) is 9.97 Å². The summed E-state index contributed by atoms with van der Waals surface area (Å²) in [6, 6.07) is 13.9. The Labute approximate surface area is 177 Å². The van der Waals surface area contributed by atoms with Gasteiger partial charge in [0.25, 0.3) is 0 Å². The van der Waals surface area contributed by atoms with Crippen LogP contribution in [0.15, 0.2) is 52.3 Å². The molecule has 0 radical (unpaired) electrons. The highest BCUT2D eigenvalue weighted by Crippen LogP contribution is 2.29.